The molecule has 4 rings (SSSR count). The van der Waals surface area contributed by atoms with Gasteiger partial charge in [0.2, 0.25) is 5.91 Å². The van der Waals surface area contributed by atoms with Crippen molar-refractivity contribution in [1.29, 1.82) is 0 Å². The molecule has 5 N–H and O–H groups in total. The Morgan fingerprint density at radius 2 is 1.74 bits per heavy atom. The van der Waals surface area contributed by atoms with Gasteiger partial charge in [0.1, 0.15) is 10.1 Å². The number of nitrogens with two attached hydrogens (primary N) is 2. The summed E-state index contributed by atoms with van der Waals surface area (Å²) in [6.45, 7) is 0. The quantitative estimate of drug-likeness (QED) is 0.287. The lowest BCUT2D eigenvalue weighted by Gasteiger charge is -2.37. The molecule has 11 heteroatoms. The van der Waals surface area contributed by atoms with E-state index in [9.17, 15) is 21.6 Å². The number of anilines is 2. The molecule has 0 saturated carbocycles. The predicted molar refractivity (Wildman–Crippen MR) is 151 cm³/mol. The van der Waals surface area contributed by atoms with Gasteiger partial charge in [0.25, 0.3) is 10.0 Å². The highest BCUT2D eigenvalue weighted by atomic mass is 32.2. The molecule has 0 fully saturated rings. The van der Waals surface area contributed by atoms with Gasteiger partial charge < -0.3 is 16.8 Å². The summed E-state index contributed by atoms with van der Waals surface area (Å²) in [6, 6.07) is 17.4. The Morgan fingerprint density at radius 3 is 2.42 bits per heavy atom. The van der Waals surface area contributed by atoms with Crippen LogP contribution in [0.4, 0.5) is 11.4 Å². The molecule has 1 aromatic heterocycles. The molecule has 2 atom stereocenters. The van der Waals surface area contributed by atoms with E-state index in [1.165, 1.54) is 42.8 Å². The molecule has 0 saturated heterocycles. The van der Waals surface area contributed by atoms with Crippen molar-refractivity contribution in [2.45, 2.75) is 16.5 Å². The van der Waals surface area contributed by atoms with Gasteiger partial charge in [-0.05, 0) is 41.0 Å². The van der Waals surface area contributed by atoms with Crippen molar-refractivity contribution in [2.24, 2.45) is 5.73 Å². The van der Waals surface area contributed by atoms with Crippen molar-refractivity contribution >= 4 is 48.8 Å². The summed E-state index contributed by atoms with van der Waals surface area (Å²) < 4.78 is 52.2. The Morgan fingerprint density at radius 1 is 1.05 bits per heavy atom. The number of rotatable bonds is 8. The van der Waals surface area contributed by atoms with Crippen LogP contribution in [0, 0.1) is 0 Å². The fraction of sp³-hybridized carbons (Fsp3) is 0.148. The zero-order chi connectivity index (χ0) is 27.6. The highest BCUT2D eigenvalue weighted by molar-refractivity contribution is 7.95. The normalized spacial score (nSPS) is 18.7. The number of benzene rings is 2. The molecule has 0 spiro atoms. The number of sulfone groups is 1. The largest absolute Gasteiger partial charge is 0.397 e. The highest BCUT2D eigenvalue weighted by Gasteiger charge is 2.53. The number of amides is 1. The van der Waals surface area contributed by atoms with Crippen LogP contribution in [0.25, 0.3) is 11.6 Å². The molecule has 9 nitrogen and oxygen atoms in total. The summed E-state index contributed by atoms with van der Waals surface area (Å²) in [5.74, 6) is -0.457. The fourth-order valence-corrected chi connectivity index (χ4v) is 7.80. The molecule has 0 bridgehead atoms. The van der Waals surface area contributed by atoms with E-state index in [-0.39, 0.29) is 6.42 Å². The first-order valence-electron chi connectivity index (χ1n) is 11.6. The number of para-hydroxylation sites is 2. The Bertz CT molecular complexity index is 1660. The van der Waals surface area contributed by atoms with Crippen LogP contribution in [0.2, 0.25) is 0 Å². The van der Waals surface area contributed by atoms with E-state index in [0.29, 0.717) is 22.5 Å². The summed E-state index contributed by atoms with van der Waals surface area (Å²) >= 11 is 0. The van der Waals surface area contributed by atoms with Crippen molar-refractivity contribution in [3.05, 3.63) is 108 Å². The van der Waals surface area contributed by atoms with Crippen LogP contribution in [0.5, 0.6) is 0 Å². The van der Waals surface area contributed by atoms with Gasteiger partial charge in [-0.15, -0.1) is 0 Å². The third kappa shape index (κ3) is 5.35. The van der Waals surface area contributed by atoms with Crippen molar-refractivity contribution < 1.29 is 21.6 Å². The van der Waals surface area contributed by atoms with E-state index >= 15 is 0 Å². The first-order valence-corrected chi connectivity index (χ1v) is 15.0. The Balaban J connectivity index is 1.65. The van der Waals surface area contributed by atoms with Crippen LogP contribution in [-0.2, 0) is 24.7 Å². The molecule has 198 valence electrons. The molecule has 3 aromatic rings. The maximum Gasteiger partial charge on any atom is 0.250 e. The van der Waals surface area contributed by atoms with Crippen LogP contribution in [0.1, 0.15) is 17.5 Å². The average molecular weight is 553 g/mol. The topological polar surface area (TPSA) is 154 Å². The van der Waals surface area contributed by atoms with Gasteiger partial charge in [0, 0.05) is 31.1 Å². The molecule has 0 aliphatic heterocycles. The molecule has 1 heterocycles. The molecule has 1 aliphatic carbocycles. The van der Waals surface area contributed by atoms with E-state index in [2.05, 4.69) is 5.32 Å². The molecule has 2 unspecified atom stereocenters. The minimum Gasteiger partial charge on any atom is -0.397 e. The number of nitrogen functional groups attached to an aromatic ring is 1. The second-order valence-electron chi connectivity index (χ2n) is 8.99. The van der Waals surface area contributed by atoms with Crippen LogP contribution >= 0.6 is 0 Å². The Labute approximate surface area is 222 Å². The van der Waals surface area contributed by atoms with E-state index in [1.54, 1.807) is 30.3 Å². The predicted octanol–water partition coefficient (Wildman–Crippen LogP) is 3.01. The lowest BCUT2D eigenvalue weighted by atomic mass is 9.89. The van der Waals surface area contributed by atoms with Gasteiger partial charge in [-0.25, -0.2) is 16.8 Å². The number of carbonyl (C=O) groups excluding carboxylic acids is 1. The second-order valence-corrected chi connectivity index (χ2v) is 13.3. The van der Waals surface area contributed by atoms with Gasteiger partial charge in [-0.2, -0.15) is 0 Å². The number of hydrogen-bond acceptors (Lipinski definition) is 7. The number of aromatic nitrogens is 1. The third-order valence-corrected chi connectivity index (χ3v) is 10.1. The zero-order valence-electron chi connectivity index (χ0n) is 20.6. The van der Waals surface area contributed by atoms with Crippen LogP contribution in [-0.4, -0.2) is 43.1 Å². The van der Waals surface area contributed by atoms with Crippen molar-refractivity contribution in [3.63, 3.8) is 0 Å². The van der Waals surface area contributed by atoms with E-state index in [0.717, 1.165) is 15.8 Å². The molecular weight excluding hydrogens is 524 g/mol. The lowest BCUT2D eigenvalue weighted by Crippen LogP contribution is -2.58. The maximum absolute atomic E-state index is 14.0. The van der Waals surface area contributed by atoms with Gasteiger partial charge in [-0.3, -0.25) is 8.77 Å². The summed E-state index contributed by atoms with van der Waals surface area (Å²) in [6.07, 6.45) is 10.7. The first-order chi connectivity index (χ1) is 17.9. The van der Waals surface area contributed by atoms with Crippen molar-refractivity contribution in [1.82, 2.24) is 3.97 Å². The number of carbonyl (C=O) groups is 1. The summed E-state index contributed by atoms with van der Waals surface area (Å²) in [5, 5.41) is 0.923. The van der Waals surface area contributed by atoms with E-state index < -0.39 is 35.9 Å². The first kappa shape index (κ1) is 27.1. The van der Waals surface area contributed by atoms with Gasteiger partial charge in [0.05, 0.1) is 11.4 Å². The molecule has 1 amide bonds. The monoisotopic (exact) mass is 552 g/mol. The number of nitrogens with one attached hydrogen (secondary N) is 1. The minimum atomic E-state index is -4.38. The summed E-state index contributed by atoms with van der Waals surface area (Å²) in [7, 11) is -8.36. The van der Waals surface area contributed by atoms with E-state index in [1.807, 2.05) is 30.3 Å². The van der Waals surface area contributed by atoms with Gasteiger partial charge in [0.15, 0.2) is 9.84 Å². The zero-order valence-corrected chi connectivity index (χ0v) is 22.2. The number of nitrogens with zero attached hydrogens (tertiary/aromatic N) is 1. The fourth-order valence-electron chi connectivity index (χ4n) is 4.27. The molecule has 2 aromatic carbocycles. The van der Waals surface area contributed by atoms with Crippen LogP contribution in [0.3, 0.4) is 0 Å². The Hall–Kier alpha value is -3.93. The summed E-state index contributed by atoms with van der Waals surface area (Å²) in [5.41, 5.74) is 14.7. The number of hydrogen-bond donors (Lipinski definition) is 3. The molecule has 0 radical (unpaired) electrons. The minimum absolute atomic E-state index is 0.145. The molecular formula is C27H28N4O5S2. The molecule has 38 heavy (non-hydrogen) atoms. The maximum atomic E-state index is 14.0. The Kier molecular flexibility index (Phi) is 7.45. The van der Waals surface area contributed by atoms with Crippen LogP contribution in [0.15, 0.2) is 97.4 Å². The summed E-state index contributed by atoms with van der Waals surface area (Å²) in [4.78, 5) is 12.3. The average Bonchev–Trinajstić information content (AvgIpc) is 3.38. The highest BCUT2D eigenvalue weighted by Crippen LogP contribution is 2.40. The van der Waals surface area contributed by atoms with E-state index in [4.69, 9.17) is 11.5 Å². The smallest absolute Gasteiger partial charge is 0.250 e. The van der Waals surface area contributed by atoms with Gasteiger partial charge >= 0.3 is 0 Å². The van der Waals surface area contributed by atoms with Gasteiger partial charge in [-0.1, -0.05) is 60.7 Å². The van der Waals surface area contributed by atoms with Crippen molar-refractivity contribution in [2.75, 3.05) is 17.3 Å². The molecule has 1 aliphatic rings. The van der Waals surface area contributed by atoms with Crippen molar-refractivity contribution in [3.8, 4) is 0 Å². The standard InChI is InChI=1S/C27H28N4O5S2/c1-37(33,34)26(29)27(16-7-10-22(18-27)21-8-3-2-4-9-21)38(35,36)31-17-15-20(19-31)13-14-25(32)30-24-12-6-5-11-23(24)28/h2-17,19,26H,18,28-29H2,1H3,(H,30,32)/b14-13+. The SMILES string of the molecule is CS(=O)(=O)C(N)C1(S(=O)(=O)n2ccc(/C=C/C(=O)Nc3ccccc3N)c2)C=CC=C(c2ccccc2)C1. The number of allylic oxidation sites excluding steroid dienone is 3. The lowest BCUT2D eigenvalue weighted by molar-refractivity contribution is -0.111. The second kappa shape index (κ2) is 10.4. The van der Waals surface area contributed by atoms with Crippen LogP contribution < -0.4 is 16.8 Å². The third-order valence-electron chi connectivity index (χ3n) is 6.32.